The van der Waals surface area contributed by atoms with Crippen LogP contribution in [0.3, 0.4) is 0 Å². The van der Waals surface area contributed by atoms with Crippen molar-refractivity contribution in [3.8, 4) is 0 Å². The van der Waals surface area contributed by atoms with E-state index in [1.54, 1.807) is 6.08 Å². The molecule has 0 amide bonds. The third-order valence-corrected chi connectivity index (χ3v) is 4.82. The van der Waals surface area contributed by atoms with Gasteiger partial charge in [-0.15, -0.1) is 6.58 Å². The van der Waals surface area contributed by atoms with E-state index in [0.29, 0.717) is 6.42 Å². The van der Waals surface area contributed by atoms with Crippen LogP contribution in [0.25, 0.3) is 0 Å². The van der Waals surface area contributed by atoms with Crippen molar-refractivity contribution in [3.63, 3.8) is 0 Å². The zero-order valence-corrected chi connectivity index (χ0v) is 12.5. The summed E-state index contributed by atoms with van der Waals surface area (Å²) < 4.78 is 0. The predicted molar refractivity (Wildman–Crippen MR) is 88.1 cm³/mol. The molecule has 1 aliphatic carbocycles. The molecule has 2 heteroatoms. The molecule has 0 aliphatic heterocycles. The van der Waals surface area contributed by atoms with Crippen molar-refractivity contribution in [2.45, 2.75) is 30.6 Å². The minimum atomic E-state index is -0.919. The van der Waals surface area contributed by atoms with Gasteiger partial charge in [0.2, 0.25) is 0 Å². The van der Waals surface area contributed by atoms with Gasteiger partial charge < -0.3 is 5.11 Å². The van der Waals surface area contributed by atoms with Crippen LogP contribution in [-0.2, 0) is 16.6 Å². The van der Waals surface area contributed by atoms with Gasteiger partial charge in [-0.05, 0) is 36.0 Å². The number of rotatable bonds is 4. The number of aliphatic carboxylic acids is 1. The quantitative estimate of drug-likeness (QED) is 0.852. The monoisotopic (exact) mass is 292 g/mol. The van der Waals surface area contributed by atoms with Crippen molar-refractivity contribution in [2.75, 3.05) is 0 Å². The minimum Gasteiger partial charge on any atom is -0.481 e. The average Bonchev–Trinajstić information content (AvgIpc) is 2.56. The Hall–Kier alpha value is -2.35. The fourth-order valence-corrected chi connectivity index (χ4v) is 3.83. The molecule has 3 rings (SSSR count). The van der Waals surface area contributed by atoms with Crippen LogP contribution in [0.15, 0.2) is 67.3 Å². The van der Waals surface area contributed by atoms with E-state index >= 15 is 0 Å². The Balaban J connectivity index is 2.22. The highest BCUT2D eigenvalue weighted by Gasteiger charge is 2.49. The van der Waals surface area contributed by atoms with Gasteiger partial charge in [0.15, 0.2) is 0 Å². The molecule has 2 aromatic carbocycles. The molecular weight excluding hydrogens is 272 g/mol. The van der Waals surface area contributed by atoms with Crippen LogP contribution < -0.4 is 0 Å². The molecule has 0 spiro atoms. The molecule has 0 saturated heterocycles. The van der Waals surface area contributed by atoms with Crippen LogP contribution in [0.2, 0.25) is 0 Å². The summed E-state index contributed by atoms with van der Waals surface area (Å²) in [6.07, 6.45) is 4.28. The molecule has 2 aromatic rings. The Bertz CT molecular complexity index is 690. The van der Waals surface area contributed by atoms with Crippen molar-refractivity contribution in [3.05, 3.63) is 83.9 Å². The Morgan fingerprint density at radius 3 is 2.50 bits per heavy atom. The smallest absolute Gasteiger partial charge is 0.315 e. The summed E-state index contributed by atoms with van der Waals surface area (Å²) in [4.78, 5) is 12.4. The van der Waals surface area contributed by atoms with E-state index in [1.807, 2.05) is 48.5 Å². The molecule has 0 unspecified atom stereocenters. The molecule has 1 N–H and O–H groups in total. The SMILES string of the molecule is C=C[C@H](c1ccccc1)[C@]1(C(=O)O)CCCc2ccccc21. The van der Waals surface area contributed by atoms with Gasteiger partial charge in [0.1, 0.15) is 5.41 Å². The number of hydrogen-bond acceptors (Lipinski definition) is 1. The normalized spacial score (nSPS) is 21.6. The van der Waals surface area contributed by atoms with Crippen LogP contribution in [0, 0.1) is 0 Å². The van der Waals surface area contributed by atoms with E-state index in [9.17, 15) is 9.90 Å². The van der Waals surface area contributed by atoms with Crippen LogP contribution in [-0.4, -0.2) is 11.1 Å². The van der Waals surface area contributed by atoms with E-state index in [2.05, 4.69) is 12.6 Å². The molecule has 0 radical (unpaired) electrons. The third-order valence-electron chi connectivity index (χ3n) is 4.82. The lowest BCUT2D eigenvalue weighted by atomic mass is 9.61. The average molecular weight is 292 g/mol. The largest absolute Gasteiger partial charge is 0.481 e. The van der Waals surface area contributed by atoms with Gasteiger partial charge >= 0.3 is 5.97 Å². The Labute approximate surface area is 131 Å². The van der Waals surface area contributed by atoms with Gasteiger partial charge in [0.05, 0.1) is 0 Å². The summed E-state index contributed by atoms with van der Waals surface area (Å²) in [5.74, 6) is -0.985. The third kappa shape index (κ3) is 2.16. The highest BCUT2D eigenvalue weighted by Crippen LogP contribution is 2.48. The van der Waals surface area contributed by atoms with Gasteiger partial charge in [-0.2, -0.15) is 0 Å². The number of carboxylic acid groups (broad SMARTS) is 1. The number of carbonyl (C=O) groups is 1. The standard InChI is InChI=1S/C20H20O2/c1-2-17(15-9-4-3-5-10-15)20(19(21)22)14-8-12-16-11-6-7-13-18(16)20/h2-7,9-11,13,17H,1,8,12,14H2,(H,21,22)/t17-,20-/m1/s1. The van der Waals surface area contributed by atoms with Crippen molar-refractivity contribution in [2.24, 2.45) is 0 Å². The van der Waals surface area contributed by atoms with Gasteiger partial charge in [-0.1, -0.05) is 60.7 Å². The molecular formula is C20H20O2. The first kappa shape index (κ1) is 14.6. The minimum absolute atomic E-state index is 0.229. The lowest BCUT2D eigenvalue weighted by Crippen LogP contribution is -2.44. The Kier molecular flexibility index (Phi) is 3.84. The summed E-state index contributed by atoms with van der Waals surface area (Å²) in [6.45, 7) is 3.95. The van der Waals surface area contributed by atoms with Crippen LogP contribution in [0.4, 0.5) is 0 Å². The first-order valence-electron chi connectivity index (χ1n) is 7.69. The molecule has 0 fully saturated rings. The van der Waals surface area contributed by atoms with Crippen LogP contribution >= 0.6 is 0 Å². The Morgan fingerprint density at radius 1 is 1.14 bits per heavy atom. The molecule has 0 saturated carbocycles. The fourth-order valence-electron chi connectivity index (χ4n) is 3.83. The van der Waals surface area contributed by atoms with Crippen molar-refractivity contribution >= 4 is 5.97 Å². The molecule has 112 valence electrons. The summed E-state index contributed by atoms with van der Waals surface area (Å²) in [6, 6.07) is 17.8. The molecule has 0 heterocycles. The lowest BCUT2D eigenvalue weighted by molar-refractivity contribution is -0.145. The van der Waals surface area contributed by atoms with E-state index in [1.165, 1.54) is 0 Å². The second kappa shape index (κ2) is 5.80. The molecule has 2 nitrogen and oxygen atoms in total. The zero-order chi connectivity index (χ0) is 15.6. The number of carboxylic acids is 1. The summed E-state index contributed by atoms with van der Waals surface area (Å²) in [7, 11) is 0. The van der Waals surface area contributed by atoms with Crippen molar-refractivity contribution in [1.82, 2.24) is 0 Å². The highest BCUT2D eigenvalue weighted by molar-refractivity contribution is 5.84. The maximum Gasteiger partial charge on any atom is 0.315 e. The summed E-state index contributed by atoms with van der Waals surface area (Å²) in [5, 5.41) is 10.2. The van der Waals surface area contributed by atoms with E-state index < -0.39 is 11.4 Å². The maximum atomic E-state index is 12.4. The fraction of sp³-hybridized carbons (Fsp3) is 0.250. The van der Waals surface area contributed by atoms with Gasteiger partial charge in [-0.3, -0.25) is 4.79 Å². The number of aryl methyl sites for hydroxylation is 1. The zero-order valence-electron chi connectivity index (χ0n) is 12.5. The number of allylic oxidation sites excluding steroid dienone is 1. The van der Waals surface area contributed by atoms with Gasteiger partial charge in [-0.25, -0.2) is 0 Å². The molecule has 2 atom stereocenters. The lowest BCUT2D eigenvalue weighted by Gasteiger charge is -2.40. The first-order chi connectivity index (χ1) is 10.7. The number of benzene rings is 2. The summed E-state index contributed by atoms with van der Waals surface area (Å²) in [5.41, 5.74) is 2.19. The van der Waals surface area contributed by atoms with Gasteiger partial charge in [0, 0.05) is 5.92 Å². The highest BCUT2D eigenvalue weighted by atomic mass is 16.4. The molecule has 0 bridgehead atoms. The van der Waals surface area contributed by atoms with Crippen molar-refractivity contribution < 1.29 is 9.90 Å². The van der Waals surface area contributed by atoms with E-state index in [4.69, 9.17) is 0 Å². The first-order valence-corrected chi connectivity index (χ1v) is 7.69. The summed E-state index contributed by atoms with van der Waals surface area (Å²) >= 11 is 0. The molecule has 1 aliphatic rings. The second-order valence-corrected chi connectivity index (χ2v) is 5.91. The topological polar surface area (TPSA) is 37.3 Å². The van der Waals surface area contributed by atoms with Crippen molar-refractivity contribution in [1.29, 1.82) is 0 Å². The van der Waals surface area contributed by atoms with Gasteiger partial charge in [0.25, 0.3) is 0 Å². The Morgan fingerprint density at radius 2 is 1.82 bits per heavy atom. The molecule has 0 aromatic heterocycles. The second-order valence-electron chi connectivity index (χ2n) is 5.91. The molecule has 22 heavy (non-hydrogen) atoms. The van der Waals surface area contributed by atoms with Crippen LogP contribution in [0.5, 0.6) is 0 Å². The maximum absolute atomic E-state index is 12.4. The van der Waals surface area contributed by atoms with Crippen LogP contribution in [0.1, 0.15) is 35.4 Å². The predicted octanol–water partition coefficient (Wildman–Crippen LogP) is 4.32. The van der Waals surface area contributed by atoms with E-state index in [0.717, 1.165) is 29.5 Å². The number of fused-ring (bicyclic) bond motifs is 1. The number of hydrogen-bond donors (Lipinski definition) is 1. The van der Waals surface area contributed by atoms with E-state index in [-0.39, 0.29) is 5.92 Å².